The van der Waals surface area contributed by atoms with E-state index in [2.05, 4.69) is 6.07 Å². The van der Waals surface area contributed by atoms with Gasteiger partial charge in [0.15, 0.2) is 9.84 Å². The van der Waals surface area contributed by atoms with Crippen LogP contribution in [-0.4, -0.2) is 21.7 Å². The third-order valence-electron chi connectivity index (χ3n) is 3.17. The molecule has 0 unspecified atom stereocenters. The molecule has 21 heavy (non-hydrogen) atoms. The van der Waals surface area contributed by atoms with Crippen LogP contribution in [0, 0.1) is 11.3 Å². The molecule has 2 aromatic rings. The molecular formula is C15H15N3O2S. The molecule has 6 heteroatoms. The molecule has 0 bridgehead atoms. The van der Waals surface area contributed by atoms with Crippen LogP contribution in [0.5, 0.6) is 0 Å². The maximum absolute atomic E-state index is 11.5. The number of sulfone groups is 1. The molecule has 0 radical (unpaired) electrons. The topological polar surface area (TPSA) is 87.2 Å². The molecule has 0 aliphatic carbocycles. The summed E-state index contributed by atoms with van der Waals surface area (Å²) >= 11 is 0. The fourth-order valence-electron chi connectivity index (χ4n) is 2.06. The lowest BCUT2D eigenvalue weighted by Crippen LogP contribution is -2.13. The molecule has 108 valence electrons. The lowest BCUT2D eigenvalue weighted by atomic mass is 10.1. The number of rotatable bonds is 3. The molecule has 0 aliphatic rings. The molecule has 0 saturated carbocycles. The van der Waals surface area contributed by atoms with Gasteiger partial charge in [-0.15, -0.1) is 0 Å². The van der Waals surface area contributed by atoms with Crippen LogP contribution in [0.1, 0.15) is 5.56 Å². The second kappa shape index (κ2) is 5.46. The fraction of sp³-hybridized carbons (Fsp3) is 0.133. The second-order valence-electron chi connectivity index (χ2n) is 4.68. The van der Waals surface area contributed by atoms with E-state index in [0.717, 1.165) is 6.26 Å². The van der Waals surface area contributed by atoms with Crippen molar-refractivity contribution in [1.29, 1.82) is 5.26 Å². The van der Waals surface area contributed by atoms with Gasteiger partial charge in [0, 0.05) is 13.3 Å². The average molecular weight is 301 g/mol. The van der Waals surface area contributed by atoms with E-state index < -0.39 is 9.84 Å². The molecule has 5 nitrogen and oxygen atoms in total. The third-order valence-corrected chi connectivity index (χ3v) is 4.28. The van der Waals surface area contributed by atoms with Crippen LogP contribution in [0.3, 0.4) is 0 Å². The van der Waals surface area contributed by atoms with Gasteiger partial charge in [0.2, 0.25) is 0 Å². The molecule has 2 rings (SSSR count). The second-order valence-corrected chi connectivity index (χ2v) is 6.70. The van der Waals surface area contributed by atoms with Crippen LogP contribution in [0.2, 0.25) is 0 Å². The zero-order valence-electron chi connectivity index (χ0n) is 11.7. The van der Waals surface area contributed by atoms with Crippen molar-refractivity contribution in [2.75, 3.05) is 23.9 Å². The molecule has 2 N–H and O–H groups in total. The summed E-state index contributed by atoms with van der Waals surface area (Å²) < 4.78 is 23.0. The molecule has 0 heterocycles. The third kappa shape index (κ3) is 2.98. The van der Waals surface area contributed by atoms with Gasteiger partial charge in [0.05, 0.1) is 27.5 Å². The molecule has 0 amide bonds. The highest BCUT2D eigenvalue weighted by atomic mass is 32.2. The summed E-state index contributed by atoms with van der Waals surface area (Å²) in [7, 11) is -1.52. The van der Waals surface area contributed by atoms with Crippen LogP contribution in [0.15, 0.2) is 47.4 Å². The van der Waals surface area contributed by atoms with Crippen molar-refractivity contribution in [2.45, 2.75) is 4.90 Å². The Kier molecular flexibility index (Phi) is 3.87. The highest BCUT2D eigenvalue weighted by Crippen LogP contribution is 2.32. The van der Waals surface area contributed by atoms with Gasteiger partial charge in [-0.1, -0.05) is 12.1 Å². The minimum atomic E-state index is -3.30. The van der Waals surface area contributed by atoms with E-state index in [0.29, 0.717) is 22.6 Å². The largest absolute Gasteiger partial charge is 0.397 e. The van der Waals surface area contributed by atoms with Gasteiger partial charge in [-0.05, 0) is 30.3 Å². The van der Waals surface area contributed by atoms with Crippen LogP contribution >= 0.6 is 0 Å². The van der Waals surface area contributed by atoms with Crippen molar-refractivity contribution in [3.8, 4) is 6.07 Å². The van der Waals surface area contributed by atoms with Crippen molar-refractivity contribution >= 4 is 26.9 Å². The fourth-order valence-corrected chi connectivity index (χ4v) is 2.72. The van der Waals surface area contributed by atoms with Crippen molar-refractivity contribution in [1.82, 2.24) is 0 Å². The zero-order valence-corrected chi connectivity index (χ0v) is 12.6. The first-order valence-electron chi connectivity index (χ1n) is 6.17. The first-order valence-corrected chi connectivity index (χ1v) is 8.06. The number of anilines is 3. The molecule has 2 aromatic carbocycles. The van der Waals surface area contributed by atoms with E-state index >= 15 is 0 Å². The predicted molar refractivity (Wildman–Crippen MR) is 83.2 cm³/mol. The Morgan fingerprint density at radius 2 is 1.81 bits per heavy atom. The van der Waals surface area contributed by atoms with Gasteiger partial charge in [-0.3, -0.25) is 0 Å². The van der Waals surface area contributed by atoms with E-state index in [-0.39, 0.29) is 4.90 Å². The molecular weight excluding hydrogens is 286 g/mol. The number of para-hydroxylation sites is 1. The Morgan fingerprint density at radius 1 is 1.14 bits per heavy atom. The Labute approximate surface area is 124 Å². The van der Waals surface area contributed by atoms with Crippen LogP contribution in [0.4, 0.5) is 17.1 Å². The molecule has 0 aromatic heterocycles. The highest BCUT2D eigenvalue weighted by molar-refractivity contribution is 7.90. The quantitative estimate of drug-likeness (QED) is 0.879. The number of benzene rings is 2. The maximum Gasteiger partial charge on any atom is 0.175 e. The number of nitrogens with zero attached hydrogens (tertiary/aromatic N) is 2. The van der Waals surface area contributed by atoms with Crippen LogP contribution in [-0.2, 0) is 9.84 Å². The number of nitriles is 1. The number of hydrogen-bond donors (Lipinski definition) is 1. The van der Waals surface area contributed by atoms with Crippen molar-refractivity contribution < 1.29 is 8.42 Å². The van der Waals surface area contributed by atoms with E-state index in [1.807, 2.05) is 12.1 Å². The summed E-state index contributed by atoms with van der Waals surface area (Å²) in [5, 5.41) is 9.15. The molecule has 0 aliphatic heterocycles. The van der Waals surface area contributed by atoms with E-state index in [1.54, 1.807) is 30.1 Å². The van der Waals surface area contributed by atoms with Crippen molar-refractivity contribution in [3.05, 3.63) is 48.0 Å². The lowest BCUT2D eigenvalue weighted by molar-refractivity contribution is 0.602. The predicted octanol–water partition coefficient (Wildman–Crippen LogP) is 2.31. The maximum atomic E-state index is 11.5. The normalized spacial score (nSPS) is 10.9. The highest BCUT2D eigenvalue weighted by Gasteiger charge is 2.14. The van der Waals surface area contributed by atoms with Gasteiger partial charge in [0.1, 0.15) is 6.07 Å². The van der Waals surface area contributed by atoms with E-state index in [1.165, 1.54) is 12.1 Å². The standard InChI is InChI=1S/C15H15N3O2S/c1-18(14-6-4-3-5-11(14)10-16)15-8-7-12(9-13(15)17)21(2,19)20/h3-9H,17H2,1-2H3. The molecule has 0 saturated heterocycles. The summed E-state index contributed by atoms with van der Waals surface area (Å²) in [6, 6.07) is 13.8. The summed E-state index contributed by atoms with van der Waals surface area (Å²) in [6.07, 6.45) is 1.14. The first kappa shape index (κ1) is 14.9. The number of nitrogen functional groups attached to an aromatic ring is 1. The Balaban J connectivity index is 2.50. The minimum absolute atomic E-state index is 0.172. The van der Waals surface area contributed by atoms with Gasteiger partial charge in [-0.2, -0.15) is 5.26 Å². The van der Waals surface area contributed by atoms with E-state index in [9.17, 15) is 8.42 Å². The molecule has 0 atom stereocenters. The van der Waals surface area contributed by atoms with Crippen molar-refractivity contribution in [3.63, 3.8) is 0 Å². The van der Waals surface area contributed by atoms with Crippen LogP contribution < -0.4 is 10.6 Å². The summed E-state index contributed by atoms with van der Waals surface area (Å²) in [5.41, 5.74) is 8.17. The van der Waals surface area contributed by atoms with Crippen LogP contribution in [0.25, 0.3) is 0 Å². The first-order chi connectivity index (χ1) is 9.84. The van der Waals surface area contributed by atoms with Gasteiger partial charge < -0.3 is 10.6 Å². The Hall–Kier alpha value is -2.52. The van der Waals surface area contributed by atoms with Crippen molar-refractivity contribution in [2.24, 2.45) is 0 Å². The zero-order chi connectivity index (χ0) is 15.6. The summed E-state index contributed by atoms with van der Waals surface area (Å²) in [4.78, 5) is 1.94. The van der Waals surface area contributed by atoms with Gasteiger partial charge in [-0.25, -0.2) is 8.42 Å². The smallest absolute Gasteiger partial charge is 0.175 e. The van der Waals surface area contributed by atoms with Gasteiger partial charge >= 0.3 is 0 Å². The minimum Gasteiger partial charge on any atom is -0.397 e. The average Bonchev–Trinajstić information content (AvgIpc) is 2.45. The Bertz CT molecular complexity index is 823. The monoisotopic (exact) mass is 301 g/mol. The molecule has 0 spiro atoms. The number of nitrogens with two attached hydrogens (primary N) is 1. The lowest BCUT2D eigenvalue weighted by Gasteiger charge is -2.22. The number of hydrogen-bond acceptors (Lipinski definition) is 5. The summed E-state index contributed by atoms with van der Waals surface area (Å²) in [5.74, 6) is 0. The SMILES string of the molecule is CN(c1ccc(S(C)(=O)=O)cc1N)c1ccccc1C#N. The molecule has 0 fully saturated rings. The van der Waals surface area contributed by atoms with Gasteiger partial charge in [0.25, 0.3) is 0 Å². The Morgan fingerprint density at radius 3 is 2.38 bits per heavy atom. The van der Waals surface area contributed by atoms with E-state index in [4.69, 9.17) is 11.0 Å². The summed E-state index contributed by atoms with van der Waals surface area (Å²) in [6.45, 7) is 0.